The number of aromatic nitrogens is 2. The lowest BCUT2D eigenvalue weighted by atomic mass is 10.4. The topological polar surface area (TPSA) is 52.0 Å². The molecule has 1 fully saturated rings. The van der Waals surface area contributed by atoms with Gasteiger partial charge in [-0.25, -0.2) is 13.4 Å². The van der Waals surface area contributed by atoms with E-state index in [0.29, 0.717) is 5.92 Å². The summed E-state index contributed by atoms with van der Waals surface area (Å²) in [5.74, 6) is 0.629. The third kappa shape index (κ3) is 2.22. The monoisotopic (exact) mass is 228 g/mol. The highest BCUT2D eigenvalue weighted by Gasteiger charge is 2.31. The molecular formula is C10H16N2O2S. The third-order valence-electron chi connectivity index (χ3n) is 2.62. The first-order chi connectivity index (χ1) is 7.00. The smallest absolute Gasteiger partial charge is 0.227 e. The van der Waals surface area contributed by atoms with E-state index in [4.69, 9.17) is 0 Å². The minimum Gasteiger partial charge on any atom is -0.319 e. The molecule has 0 unspecified atom stereocenters. The van der Waals surface area contributed by atoms with E-state index in [-0.39, 0.29) is 17.0 Å². The van der Waals surface area contributed by atoms with Crippen molar-refractivity contribution in [2.75, 3.05) is 5.75 Å². The number of sulfone groups is 1. The van der Waals surface area contributed by atoms with Crippen molar-refractivity contribution in [1.82, 2.24) is 9.55 Å². The Kier molecular flexibility index (Phi) is 2.58. The standard InChI is InChI=1S/C10H16N2O2S/c1-8(2)12-6-5-11-10(12)15(13,14)7-9-3-4-9/h5-6,8-9H,3-4,7H2,1-2H3. The van der Waals surface area contributed by atoms with Crippen LogP contribution in [0.4, 0.5) is 0 Å². The Bertz CT molecular complexity index is 444. The maximum Gasteiger partial charge on any atom is 0.227 e. The van der Waals surface area contributed by atoms with E-state index >= 15 is 0 Å². The molecule has 0 N–H and O–H groups in total. The Morgan fingerprint density at radius 1 is 1.53 bits per heavy atom. The van der Waals surface area contributed by atoms with Crippen molar-refractivity contribution in [3.8, 4) is 0 Å². The molecule has 0 saturated heterocycles. The highest BCUT2D eigenvalue weighted by molar-refractivity contribution is 7.91. The molecule has 5 heteroatoms. The Morgan fingerprint density at radius 3 is 2.73 bits per heavy atom. The summed E-state index contributed by atoms with van der Waals surface area (Å²) in [6.45, 7) is 3.91. The lowest BCUT2D eigenvalue weighted by molar-refractivity contribution is 0.519. The number of imidazole rings is 1. The zero-order valence-electron chi connectivity index (χ0n) is 9.05. The van der Waals surface area contributed by atoms with Crippen LogP contribution in [0.5, 0.6) is 0 Å². The fourth-order valence-electron chi connectivity index (χ4n) is 1.60. The number of nitrogens with zero attached hydrogens (tertiary/aromatic N) is 2. The molecule has 4 nitrogen and oxygen atoms in total. The molecule has 1 aromatic heterocycles. The average Bonchev–Trinajstić information content (AvgIpc) is 2.80. The summed E-state index contributed by atoms with van der Waals surface area (Å²) in [6, 6.07) is 0.136. The van der Waals surface area contributed by atoms with Crippen LogP contribution in [-0.4, -0.2) is 23.7 Å². The van der Waals surface area contributed by atoms with Crippen LogP contribution in [0.25, 0.3) is 0 Å². The van der Waals surface area contributed by atoms with Crippen LogP contribution in [0.3, 0.4) is 0 Å². The van der Waals surface area contributed by atoms with Gasteiger partial charge in [0.05, 0.1) is 5.75 Å². The summed E-state index contributed by atoms with van der Waals surface area (Å²) >= 11 is 0. The van der Waals surface area contributed by atoms with E-state index in [9.17, 15) is 8.42 Å². The lowest BCUT2D eigenvalue weighted by Crippen LogP contribution is -2.16. The largest absolute Gasteiger partial charge is 0.319 e. The van der Waals surface area contributed by atoms with Gasteiger partial charge in [0.1, 0.15) is 0 Å². The molecule has 1 heterocycles. The van der Waals surface area contributed by atoms with Gasteiger partial charge in [-0.1, -0.05) is 0 Å². The molecule has 1 saturated carbocycles. The molecule has 0 atom stereocenters. The molecule has 1 aliphatic carbocycles. The Hall–Kier alpha value is -0.840. The first-order valence-corrected chi connectivity index (χ1v) is 6.91. The minimum absolute atomic E-state index is 0.136. The summed E-state index contributed by atoms with van der Waals surface area (Å²) < 4.78 is 25.7. The summed E-state index contributed by atoms with van der Waals surface area (Å²) in [4.78, 5) is 3.96. The highest BCUT2D eigenvalue weighted by Crippen LogP contribution is 2.32. The van der Waals surface area contributed by atoms with Gasteiger partial charge in [0.15, 0.2) is 0 Å². The van der Waals surface area contributed by atoms with Gasteiger partial charge in [-0.3, -0.25) is 0 Å². The van der Waals surface area contributed by atoms with Crippen molar-refractivity contribution in [3.05, 3.63) is 12.4 Å². The molecular weight excluding hydrogens is 212 g/mol. The molecule has 0 aromatic carbocycles. The summed E-state index contributed by atoms with van der Waals surface area (Å²) in [7, 11) is -3.18. The Balaban J connectivity index is 2.30. The van der Waals surface area contributed by atoms with Crippen molar-refractivity contribution in [1.29, 1.82) is 0 Å². The van der Waals surface area contributed by atoms with Crippen LogP contribution in [-0.2, 0) is 9.84 Å². The van der Waals surface area contributed by atoms with E-state index in [1.165, 1.54) is 0 Å². The molecule has 0 amide bonds. The number of rotatable bonds is 4. The number of hydrogen-bond acceptors (Lipinski definition) is 3. The average molecular weight is 228 g/mol. The fourth-order valence-corrected chi connectivity index (χ4v) is 3.52. The van der Waals surface area contributed by atoms with Gasteiger partial charge in [0.25, 0.3) is 0 Å². The SMILES string of the molecule is CC(C)n1ccnc1S(=O)(=O)CC1CC1. The van der Waals surface area contributed by atoms with Crippen molar-refractivity contribution < 1.29 is 8.42 Å². The van der Waals surface area contributed by atoms with Crippen LogP contribution in [0.15, 0.2) is 17.6 Å². The van der Waals surface area contributed by atoms with Gasteiger partial charge in [-0.05, 0) is 32.6 Å². The van der Waals surface area contributed by atoms with Crippen LogP contribution < -0.4 is 0 Å². The molecule has 15 heavy (non-hydrogen) atoms. The molecule has 0 bridgehead atoms. The zero-order valence-corrected chi connectivity index (χ0v) is 9.87. The molecule has 0 aliphatic heterocycles. The minimum atomic E-state index is -3.18. The van der Waals surface area contributed by atoms with Crippen molar-refractivity contribution in [3.63, 3.8) is 0 Å². The zero-order chi connectivity index (χ0) is 11.1. The van der Waals surface area contributed by atoms with Gasteiger partial charge in [-0.2, -0.15) is 0 Å². The first-order valence-electron chi connectivity index (χ1n) is 5.26. The van der Waals surface area contributed by atoms with Crippen LogP contribution in [0.2, 0.25) is 0 Å². The molecule has 84 valence electrons. The van der Waals surface area contributed by atoms with Crippen molar-refractivity contribution in [2.24, 2.45) is 5.92 Å². The highest BCUT2D eigenvalue weighted by atomic mass is 32.2. The van der Waals surface area contributed by atoms with E-state index in [1.807, 2.05) is 13.8 Å². The second-order valence-electron chi connectivity index (χ2n) is 4.44. The maximum absolute atomic E-state index is 12.0. The molecule has 2 rings (SSSR count). The fraction of sp³-hybridized carbons (Fsp3) is 0.700. The second-order valence-corrected chi connectivity index (χ2v) is 6.36. The molecule has 0 radical (unpaired) electrons. The summed E-state index contributed by atoms with van der Waals surface area (Å²) in [5.41, 5.74) is 0. The van der Waals surface area contributed by atoms with E-state index in [1.54, 1.807) is 17.0 Å². The van der Waals surface area contributed by atoms with Crippen LogP contribution >= 0.6 is 0 Å². The van der Waals surface area contributed by atoms with E-state index in [0.717, 1.165) is 12.8 Å². The Labute approximate surface area is 90.2 Å². The van der Waals surface area contributed by atoms with Gasteiger partial charge in [0, 0.05) is 18.4 Å². The van der Waals surface area contributed by atoms with Gasteiger partial charge in [0.2, 0.25) is 15.0 Å². The third-order valence-corrected chi connectivity index (χ3v) is 4.40. The lowest BCUT2D eigenvalue weighted by Gasteiger charge is -2.11. The molecule has 0 spiro atoms. The van der Waals surface area contributed by atoms with Crippen LogP contribution in [0, 0.1) is 5.92 Å². The van der Waals surface area contributed by atoms with Gasteiger partial charge in [-0.15, -0.1) is 0 Å². The molecule has 1 aliphatic rings. The second kappa shape index (κ2) is 3.63. The van der Waals surface area contributed by atoms with E-state index < -0.39 is 9.84 Å². The quantitative estimate of drug-likeness (QED) is 0.787. The van der Waals surface area contributed by atoms with Crippen molar-refractivity contribution in [2.45, 2.75) is 37.9 Å². The summed E-state index contributed by atoms with van der Waals surface area (Å²) in [5, 5.41) is 0.226. The normalized spacial score (nSPS) is 17.3. The predicted octanol–water partition coefficient (Wildman–Crippen LogP) is 1.65. The summed E-state index contributed by atoms with van der Waals surface area (Å²) in [6.07, 6.45) is 5.37. The number of hydrogen-bond donors (Lipinski definition) is 0. The predicted molar refractivity (Wildman–Crippen MR) is 57.4 cm³/mol. The maximum atomic E-state index is 12.0. The van der Waals surface area contributed by atoms with Gasteiger partial charge < -0.3 is 4.57 Å². The molecule has 1 aromatic rings. The Morgan fingerprint density at radius 2 is 2.20 bits per heavy atom. The van der Waals surface area contributed by atoms with E-state index in [2.05, 4.69) is 4.98 Å². The van der Waals surface area contributed by atoms with Crippen LogP contribution in [0.1, 0.15) is 32.7 Å². The van der Waals surface area contributed by atoms with Crippen molar-refractivity contribution >= 4 is 9.84 Å². The van der Waals surface area contributed by atoms with Gasteiger partial charge >= 0.3 is 0 Å². The first kappa shape index (κ1) is 10.7.